The third-order valence-electron chi connectivity index (χ3n) is 2.68. The van der Waals surface area contributed by atoms with Crippen molar-refractivity contribution >= 4 is 21.8 Å². The summed E-state index contributed by atoms with van der Waals surface area (Å²) in [5.74, 6) is 6.18. The number of benzene rings is 2. The van der Waals surface area contributed by atoms with Crippen molar-refractivity contribution in [2.45, 2.75) is 0 Å². The molecule has 0 heterocycles. The summed E-state index contributed by atoms with van der Waals surface area (Å²) in [5, 5.41) is 0. The highest BCUT2D eigenvalue weighted by Gasteiger charge is 2.03. The van der Waals surface area contributed by atoms with E-state index in [1.807, 2.05) is 24.3 Å². The van der Waals surface area contributed by atoms with Crippen molar-refractivity contribution in [2.75, 3.05) is 13.2 Å². The number of nitrogens with two attached hydrogens (primary N) is 1. The van der Waals surface area contributed by atoms with Gasteiger partial charge in [0.2, 0.25) is 0 Å². The van der Waals surface area contributed by atoms with Crippen LogP contribution in [0.3, 0.4) is 0 Å². The lowest BCUT2D eigenvalue weighted by molar-refractivity contribution is 0.0953. The Labute approximate surface area is 131 Å². The molecule has 0 aliphatic heterocycles. The summed E-state index contributed by atoms with van der Waals surface area (Å²) in [6.45, 7) is 0.852. The monoisotopic (exact) mass is 350 g/mol. The van der Waals surface area contributed by atoms with Crippen molar-refractivity contribution in [2.24, 2.45) is 5.84 Å². The zero-order valence-corrected chi connectivity index (χ0v) is 12.8. The van der Waals surface area contributed by atoms with Gasteiger partial charge in [0.15, 0.2) is 0 Å². The van der Waals surface area contributed by atoms with Crippen molar-refractivity contribution in [3.63, 3.8) is 0 Å². The molecule has 0 radical (unpaired) electrons. The van der Waals surface area contributed by atoms with Crippen LogP contribution in [0.1, 0.15) is 10.4 Å². The van der Waals surface area contributed by atoms with Crippen LogP contribution >= 0.6 is 15.9 Å². The van der Waals surface area contributed by atoms with Gasteiger partial charge in [0.1, 0.15) is 24.7 Å². The Morgan fingerprint density at radius 3 is 1.90 bits per heavy atom. The van der Waals surface area contributed by atoms with Crippen LogP contribution in [-0.4, -0.2) is 19.1 Å². The first-order chi connectivity index (χ1) is 10.2. The Kier molecular flexibility index (Phi) is 5.59. The van der Waals surface area contributed by atoms with Crippen LogP contribution in [0.4, 0.5) is 0 Å². The highest BCUT2D eigenvalue weighted by Crippen LogP contribution is 2.16. The molecule has 0 aliphatic carbocycles. The summed E-state index contributed by atoms with van der Waals surface area (Å²) in [6.07, 6.45) is 0. The molecule has 0 saturated carbocycles. The quantitative estimate of drug-likeness (QED) is 0.363. The summed E-state index contributed by atoms with van der Waals surface area (Å²) < 4.78 is 12.1. The van der Waals surface area contributed by atoms with E-state index in [1.54, 1.807) is 24.3 Å². The fourth-order valence-corrected chi connectivity index (χ4v) is 1.90. The lowest BCUT2D eigenvalue weighted by Gasteiger charge is -2.09. The molecule has 0 unspecified atom stereocenters. The zero-order chi connectivity index (χ0) is 15.1. The van der Waals surface area contributed by atoms with Gasteiger partial charge in [-0.1, -0.05) is 15.9 Å². The largest absolute Gasteiger partial charge is 0.490 e. The number of nitrogens with one attached hydrogen (secondary N) is 1. The first-order valence-corrected chi connectivity index (χ1v) is 7.10. The van der Waals surface area contributed by atoms with Gasteiger partial charge in [0.25, 0.3) is 5.91 Å². The maximum absolute atomic E-state index is 11.3. The molecule has 21 heavy (non-hydrogen) atoms. The van der Waals surface area contributed by atoms with Gasteiger partial charge in [-0.2, -0.15) is 0 Å². The van der Waals surface area contributed by atoms with Crippen LogP contribution in [0.5, 0.6) is 11.5 Å². The van der Waals surface area contributed by atoms with Gasteiger partial charge in [0, 0.05) is 10.0 Å². The second-order valence-corrected chi connectivity index (χ2v) is 5.06. The fraction of sp³-hybridized carbons (Fsp3) is 0.133. The smallest absolute Gasteiger partial charge is 0.265 e. The number of hydrogen-bond acceptors (Lipinski definition) is 4. The molecule has 0 saturated heterocycles. The minimum Gasteiger partial charge on any atom is -0.490 e. The molecule has 1 amide bonds. The van der Waals surface area contributed by atoms with Crippen molar-refractivity contribution in [3.8, 4) is 11.5 Å². The number of hydrazine groups is 1. The van der Waals surface area contributed by atoms with E-state index < -0.39 is 0 Å². The number of amides is 1. The molecule has 2 rings (SSSR count). The van der Waals surface area contributed by atoms with Gasteiger partial charge < -0.3 is 9.47 Å². The van der Waals surface area contributed by atoms with Crippen molar-refractivity contribution < 1.29 is 14.3 Å². The van der Waals surface area contributed by atoms with Crippen molar-refractivity contribution in [1.82, 2.24) is 5.43 Å². The average molecular weight is 351 g/mol. The molecule has 0 fully saturated rings. The van der Waals surface area contributed by atoms with Crippen LogP contribution in [0, 0.1) is 0 Å². The van der Waals surface area contributed by atoms with Crippen LogP contribution in [0.15, 0.2) is 53.0 Å². The molecule has 0 aromatic heterocycles. The van der Waals surface area contributed by atoms with Crippen LogP contribution in [0.2, 0.25) is 0 Å². The Morgan fingerprint density at radius 2 is 1.43 bits per heavy atom. The van der Waals surface area contributed by atoms with Gasteiger partial charge >= 0.3 is 0 Å². The van der Waals surface area contributed by atoms with Crippen molar-refractivity contribution in [1.29, 1.82) is 0 Å². The molecular weight excluding hydrogens is 336 g/mol. The van der Waals surface area contributed by atoms with Crippen molar-refractivity contribution in [3.05, 3.63) is 58.6 Å². The molecule has 0 spiro atoms. The molecule has 0 aliphatic rings. The Balaban J connectivity index is 1.75. The zero-order valence-electron chi connectivity index (χ0n) is 11.2. The molecule has 2 aromatic carbocycles. The summed E-state index contributed by atoms with van der Waals surface area (Å²) in [7, 11) is 0. The Hall–Kier alpha value is -2.05. The first-order valence-electron chi connectivity index (χ1n) is 6.31. The SMILES string of the molecule is NNC(=O)c1ccc(OCCOc2ccc(Br)cc2)cc1. The van der Waals surface area contributed by atoms with Gasteiger partial charge in [-0.15, -0.1) is 0 Å². The van der Waals surface area contributed by atoms with Crippen LogP contribution < -0.4 is 20.7 Å². The normalized spacial score (nSPS) is 10.0. The molecule has 2 aromatic rings. The van der Waals surface area contributed by atoms with E-state index >= 15 is 0 Å². The standard InChI is InChI=1S/C15H15BrN2O3/c16-12-3-7-14(8-4-12)21-10-9-20-13-5-1-11(2-6-13)15(19)18-17/h1-8H,9-10,17H2,(H,18,19). The number of ether oxygens (including phenoxy) is 2. The van der Waals surface area contributed by atoms with Crippen LogP contribution in [-0.2, 0) is 0 Å². The Morgan fingerprint density at radius 1 is 0.952 bits per heavy atom. The minimum atomic E-state index is -0.333. The number of carbonyl (C=O) groups is 1. The van der Waals surface area contributed by atoms with E-state index in [-0.39, 0.29) is 5.91 Å². The molecule has 5 nitrogen and oxygen atoms in total. The topological polar surface area (TPSA) is 73.6 Å². The van der Waals surface area contributed by atoms with E-state index in [2.05, 4.69) is 21.4 Å². The lowest BCUT2D eigenvalue weighted by Crippen LogP contribution is -2.29. The van der Waals surface area contributed by atoms with E-state index in [9.17, 15) is 4.79 Å². The van der Waals surface area contributed by atoms with Gasteiger partial charge in [-0.3, -0.25) is 10.2 Å². The molecule has 0 bridgehead atoms. The number of halogens is 1. The maximum Gasteiger partial charge on any atom is 0.265 e. The third-order valence-corrected chi connectivity index (χ3v) is 3.21. The number of nitrogen functional groups attached to an aromatic ring is 1. The van der Waals surface area contributed by atoms with Gasteiger partial charge in [0.05, 0.1) is 0 Å². The van der Waals surface area contributed by atoms with E-state index in [4.69, 9.17) is 15.3 Å². The van der Waals surface area contributed by atoms with E-state index in [1.165, 1.54) is 0 Å². The number of carbonyl (C=O) groups excluding carboxylic acids is 1. The molecule has 3 N–H and O–H groups in total. The number of hydrogen-bond donors (Lipinski definition) is 2. The summed E-state index contributed by atoms with van der Waals surface area (Å²) in [6, 6.07) is 14.3. The summed E-state index contributed by atoms with van der Waals surface area (Å²) >= 11 is 3.36. The number of rotatable bonds is 6. The predicted octanol–water partition coefficient (Wildman–Crippen LogP) is 2.51. The molecule has 6 heteroatoms. The molecule has 0 atom stereocenters. The summed E-state index contributed by atoms with van der Waals surface area (Å²) in [5.41, 5.74) is 2.55. The minimum absolute atomic E-state index is 0.333. The highest BCUT2D eigenvalue weighted by molar-refractivity contribution is 9.10. The lowest BCUT2D eigenvalue weighted by atomic mass is 10.2. The average Bonchev–Trinajstić information content (AvgIpc) is 2.53. The maximum atomic E-state index is 11.3. The highest BCUT2D eigenvalue weighted by atomic mass is 79.9. The Bertz CT molecular complexity index is 585. The molecular formula is C15H15BrN2O3. The van der Waals surface area contributed by atoms with E-state index in [0.717, 1.165) is 10.2 Å². The summed E-state index contributed by atoms with van der Waals surface area (Å²) in [4.78, 5) is 11.3. The first kappa shape index (κ1) is 15.3. The predicted molar refractivity (Wildman–Crippen MR) is 83.2 cm³/mol. The van der Waals surface area contributed by atoms with E-state index in [0.29, 0.717) is 24.5 Å². The van der Waals surface area contributed by atoms with Gasteiger partial charge in [-0.05, 0) is 48.5 Å². The fourth-order valence-electron chi connectivity index (χ4n) is 1.64. The second kappa shape index (κ2) is 7.66. The van der Waals surface area contributed by atoms with Gasteiger partial charge in [-0.25, -0.2) is 5.84 Å². The third kappa shape index (κ3) is 4.77. The van der Waals surface area contributed by atoms with Crippen LogP contribution in [0.25, 0.3) is 0 Å². The second-order valence-electron chi connectivity index (χ2n) is 4.15. The molecule has 110 valence electrons.